The first-order valence-corrected chi connectivity index (χ1v) is 9.40. The number of carbonyl (C=O) groups excluding carboxylic acids is 2. The van der Waals surface area contributed by atoms with Crippen molar-refractivity contribution in [3.63, 3.8) is 0 Å². The molecule has 0 unspecified atom stereocenters. The lowest BCUT2D eigenvalue weighted by atomic mass is 10.2. The van der Waals surface area contributed by atoms with Gasteiger partial charge in [0.05, 0.1) is 5.69 Å². The zero-order valence-electron chi connectivity index (χ0n) is 14.5. The minimum Gasteiger partial charge on any atom is -0.451 e. The molecule has 1 amide bonds. The third kappa shape index (κ3) is 4.86. The Balaban J connectivity index is 1.62. The van der Waals surface area contributed by atoms with Crippen LogP contribution in [0, 0.1) is 0 Å². The molecule has 0 aliphatic carbocycles. The first-order chi connectivity index (χ1) is 12.6. The molecule has 0 spiro atoms. The Bertz CT molecular complexity index is 759. The summed E-state index contributed by atoms with van der Waals surface area (Å²) in [4.78, 5) is 26.4. The molecule has 1 saturated heterocycles. The molecule has 1 N–H and O–H groups in total. The summed E-state index contributed by atoms with van der Waals surface area (Å²) in [7, 11) is 0. The number of anilines is 1. The molecule has 136 valence electrons. The van der Waals surface area contributed by atoms with Crippen molar-refractivity contribution < 1.29 is 19.1 Å². The Kier molecular flexibility index (Phi) is 6.30. The molecule has 0 aromatic heterocycles. The van der Waals surface area contributed by atoms with Crippen LogP contribution in [-0.2, 0) is 19.1 Å². The molecule has 0 bridgehead atoms. The summed E-state index contributed by atoms with van der Waals surface area (Å²) in [5.74, 6) is -0.838. The van der Waals surface area contributed by atoms with Gasteiger partial charge >= 0.3 is 5.97 Å². The molecular formula is C20H21NO4S. The van der Waals surface area contributed by atoms with Crippen LogP contribution >= 0.6 is 11.8 Å². The van der Waals surface area contributed by atoms with Gasteiger partial charge in [0, 0.05) is 16.4 Å². The summed E-state index contributed by atoms with van der Waals surface area (Å²) in [6, 6.07) is 17.5. The topological polar surface area (TPSA) is 64.6 Å². The fraction of sp³-hybridized carbons (Fsp3) is 0.300. The smallest absolute Gasteiger partial charge is 0.336 e. The molecule has 2 aromatic carbocycles. The van der Waals surface area contributed by atoms with Crippen molar-refractivity contribution in [2.45, 2.75) is 41.8 Å². The van der Waals surface area contributed by atoms with E-state index < -0.39 is 18.2 Å². The van der Waals surface area contributed by atoms with E-state index in [0.29, 0.717) is 18.7 Å². The Morgan fingerprint density at radius 1 is 1.15 bits per heavy atom. The van der Waals surface area contributed by atoms with Crippen molar-refractivity contribution in [3.8, 4) is 0 Å². The molecule has 0 saturated carbocycles. The number of esters is 1. The van der Waals surface area contributed by atoms with Crippen LogP contribution in [0.5, 0.6) is 0 Å². The number of nitrogens with one attached hydrogen (secondary N) is 1. The number of amides is 1. The molecule has 2 atom stereocenters. The van der Waals surface area contributed by atoms with Crippen molar-refractivity contribution in [2.75, 3.05) is 11.9 Å². The summed E-state index contributed by atoms with van der Waals surface area (Å²) >= 11 is 1.56. The Labute approximate surface area is 157 Å². The zero-order valence-corrected chi connectivity index (χ0v) is 15.3. The van der Waals surface area contributed by atoms with E-state index in [-0.39, 0.29) is 5.91 Å². The lowest BCUT2D eigenvalue weighted by Crippen LogP contribution is -2.34. The highest BCUT2D eigenvalue weighted by Crippen LogP contribution is 2.33. The molecule has 1 aliphatic rings. The number of carbonyl (C=O) groups is 2. The minimum atomic E-state index is -0.888. The standard InChI is InChI=1S/C20H21NO4S/c1-14(25-20(23)17-11-7-13-24-17)19(22)21-16-10-5-6-12-18(16)26-15-8-3-2-4-9-15/h2-6,8-10,12,14,17H,7,11,13H2,1H3,(H,21,22)/t14-,17-/m1/s1. The van der Waals surface area contributed by atoms with Gasteiger partial charge in [-0.3, -0.25) is 4.79 Å². The van der Waals surface area contributed by atoms with Gasteiger partial charge in [-0.25, -0.2) is 4.79 Å². The van der Waals surface area contributed by atoms with Gasteiger partial charge in [0.1, 0.15) is 0 Å². The van der Waals surface area contributed by atoms with Crippen LogP contribution < -0.4 is 5.32 Å². The van der Waals surface area contributed by atoms with Crippen LogP contribution in [-0.4, -0.2) is 30.7 Å². The van der Waals surface area contributed by atoms with Gasteiger partial charge in [-0.1, -0.05) is 42.1 Å². The summed E-state index contributed by atoms with van der Waals surface area (Å²) in [5, 5.41) is 2.85. The number of benzene rings is 2. The molecule has 5 nitrogen and oxygen atoms in total. The molecule has 1 fully saturated rings. The van der Waals surface area contributed by atoms with Gasteiger partial charge in [0.25, 0.3) is 5.91 Å². The zero-order chi connectivity index (χ0) is 18.4. The normalized spacial score (nSPS) is 17.5. The lowest BCUT2D eigenvalue weighted by Gasteiger charge is -2.17. The highest BCUT2D eigenvalue weighted by molar-refractivity contribution is 7.99. The average Bonchev–Trinajstić information content (AvgIpc) is 3.19. The van der Waals surface area contributed by atoms with Crippen molar-refractivity contribution in [2.24, 2.45) is 0 Å². The van der Waals surface area contributed by atoms with E-state index in [2.05, 4.69) is 5.32 Å². The van der Waals surface area contributed by atoms with E-state index in [0.717, 1.165) is 16.2 Å². The summed E-state index contributed by atoms with van der Waals surface area (Å²) in [5.41, 5.74) is 0.686. The summed E-state index contributed by atoms with van der Waals surface area (Å²) in [6.45, 7) is 2.12. The number of hydrogen-bond acceptors (Lipinski definition) is 5. The first kappa shape index (κ1) is 18.5. The van der Waals surface area contributed by atoms with Gasteiger partial charge < -0.3 is 14.8 Å². The van der Waals surface area contributed by atoms with Crippen molar-refractivity contribution in [1.82, 2.24) is 0 Å². The van der Waals surface area contributed by atoms with Crippen LogP contribution in [0.4, 0.5) is 5.69 Å². The maximum absolute atomic E-state index is 12.4. The van der Waals surface area contributed by atoms with Gasteiger partial charge in [-0.15, -0.1) is 0 Å². The van der Waals surface area contributed by atoms with Crippen LogP contribution in [0.2, 0.25) is 0 Å². The molecule has 26 heavy (non-hydrogen) atoms. The van der Waals surface area contributed by atoms with Crippen LogP contribution in [0.15, 0.2) is 64.4 Å². The maximum Gasteiger partial charge on any atom is 0.336 e. The fourth-order valence-electron chi connectivity index (χ4n) is 2.58. The Hall–Kier alpha value is -2.31. The van der Waals surface area contributed by atoms with E-state index in [1.807, 2.05) is 54.6 Å². The predicted octanol–water partition coefficient (Wildman–Crippen LogP) is 3.89. The third-order valence-corrected chi connectivity index (χ3v) is 5.05. The predicted molar refractivity (Wildman–Crippen MR) is 100 cm³/mol. The number of hydrogen-bond donors (Lipinski definition) is 1. The number of para-hydroxylation sites is 1. The van der Waals surface area contributed by atoms with Gasteiger partial charge in [0.2, 0.25) is 0 Å². The van der Waals surface area contributed by atoms with Crippen LogP contribution in [0.3, 0.4) is 0 Å². The fourth-order valence-corrected chi connectivity index (χ4v) is 3.50. The highest BCUT2D eigenvalue weighted by atomic mass is 32.2. The molecule has 1 aliphatic heterocycles. The van der Waals surface area contributed by atoms with Crippen LogP contribution in [0.25, 0.3) is 0 Å². The quantitative estimate of drug-likeness (QED) is 0.781. The second kappa shape index (κ2) is 8.87. The van der Waals surface area contributed by atoms with Gasteiger partial charge in [-0.05, 0) is 44.0 Å². The molecule has 6 heteroatoms. The SMILES string of the molecule is C[C@@H](OC(=O)[C@H]1CCCO1)C(=O)Nc1ccccc1Sc1ccccc1. The van der Waals surface area contributed by atoms with Gasteiger partial charge in [-0.2, -0.15) is 0 Å². The van der Waals surface area contributed by atoms with E-state index in [9.17, 15) is 9.59 Å². The lowest BCUT2D eigenvalue weighted by molar-refractivity contribution is -0.162. The van der Waals surface area contributed by atoms with E-state index >= 15 is 0 Å². The van der Waals surface area contributed by atoms with E-state index in [1.54, 1.807) is 18.7 Å². The van der Waals surface area contributed by atoms with Gasteiger partial charge in [0.15, 0.2) is 12.2 Å². The van der Waals surface area contributed by atoms with E-state index in [4.69, 9.17) is 9.47 Å². The number of rotatable bonds is 6. The van der Waals surface area contributed by atoms with Crippen molar-refractivity contribution in [1.29, 1.82) is 0 Å². The Morgan fingerprint density at radius 2 is 1.88 bits per heavy atom. The molecule has 1 heterocycles. The molecule has 2 aromatic rings. The molecule has 3 rings (SSSR count). The van der Waals surface area contributed by atoms with Crippen LogP contribution in [0.1, 0.15) is 19.8 Å². The largest absolute Gasteiger partial charge is 0.451 e. The second-order valence-electron chi connectivity index (χ2n) is 5.98. The first-order valence-electron chi connectivity index (χ1n) is 8.58. The summed E-state index contributed by atoms with van der Waals surface area (Å²) in [6.07, 6.45) is 0.0429. The molecular weight excluding hydrogens is 350 g/mol. The maximum atomic E-state index is 12.4. The Morgan fingerprint density at radius 3 is 2.62 bits per heavy atom. The van der Waals surface area contributed by atoms with Crippen molar-refractivity contribution in [3.05, 3.63) is 54.6 Å². The van der Waals surface area contributed by atoms with Crippen molar-refractivity contribution >= 4 is 29.3 Å². The molecule has 0 radical (unpaired) electrons. The number of ether oxygens (including phenoxy) is 2. The average molecular weight is 371 g/mol. The highest BCUT2D eigenvalue weighted by Gasteiger charge is 2.28. The monoisotopic (exact) mass is 371 g/mol. The minimum absolute atomic E-state index is 0.363. The van der Waals surface area contributed by atoms with E-state index in [1.165, 1.54) is 0 Å². The summed E-state index contributed by atoms with van der Waals surface area (Å²) < 4.78 is 10.5. The second-order valence-corrected chi connectivity index (χ2v) is 7.10. The third-order valence-electron chi connectivity index (χ3n) is 3.97.